The van der Waals surface area contributed by atoms with Crippen LogP contribution in [0.15, 0.2) is 30.5 Å². The molecule has 0 saturated heterocycles. The first-order valence-corrected chi connectivity index (χ1v) is 4.76. The van der Waals surface area contributed by atoms with E-state index in [0.29, 0.717) is 0 Å². The van der Waals surface area contributed by atoms with Gasteiger partial charge in [0.2, 0.25) is 0 Å². The molecule has 0 bridgehead atoms. The Hall–Kier alpha value is -1.57. The van der Waals surface area contributed by atoms with Crippen molar-refractivity contribution >= 4 is 10.9 Å². The van der Waals surface area contributed by atoms with E-state index in [1.807, 2.05) is 6.07 Å². The van der Waals surface area contributed by atoms with Gasteiger partial charge in [0.15, 0.2) is 0 Å². The van der Waals surface area contributed by atoms with Crippen molar-refractivity contribution in [1.82, 2.24) is 4.98 Å². The molecular formula is C12H13NO. The fourth-order valence-electron chi connectivity index (χ4n) is 1.48. The Morgan fingerprint density at radius 2 is 2.14 bits per heavy atom. The van der Waals surface area contributed by atoms with Crippen LogP contribution in [-0.4, -0.2) is 12.1 Å². The van der Waals surface area contributed by atoms with Gasteiger partial charge in [-0.3, -0.25) is 4.98 Å². The average Bonchev–Trinajstić information content (AvgIpc) is 2.27. The molecule has 0 unspecified atom stereocenters. The van der Waals surface area contributed by atoms with E-state index in [9.17, 15) is 0 Å². The normalized spacial score (nSPS) is 10.4. The zero-order valence-electron chi connectivity index (χ0n) is 8.45. The number of aryl methyl sites for hydroxylation is 1. The molecule has 2 heteroatoms. The third-order valence-electron chi connectivity index (χ3n) is 2.37. The minimum absolute atomic E-state index is 0.807. The summed E-state index contributed by atoms with van der Waals surface area (Å²) in [7, 11) is 1.66. The maximum Gasteiger partial charge on any atom is 0.137 e. The molecule has 0 aliphatic carbocycles. The number of ether oxygens (including phenoxy) is 1. The zero-order valence-corrected chi connectivity index (χ0v) is 8.45. The minimum Gasteiger partial charge on any atom is -0.495 e. The van der Waals surface area contributed by atoms with Gasteiger partial charge in [0.25, 0.3) is 0 Å². The Bertz CT molecular complexity index is 408. The molecule has 1 aromatic heterocycles. The van der Waals surface area contributed by atoms with E-state index in [4.69, 9.17) is 4.74 Å². The molecule has 0 aliphatic rings. The highest BCUT2D eigenvalue weighted by Crippen LogP contribution is 2.19. The van der Waals surface area contributed by atoms with Crippen molar-refractivity contribution < 1.29 is 4.74 Å². The predicted octanol–water partition coefficient (Wildman–Crippen LogP) is 2.81. The Labute approximate surface area is 83.5 Å². The van der Waals surface area contributed by atoms with E-state index in [0.717, 1.165) is 23.1 Å². The molecule has 0 radical (unpaired) electrons. The largest absolute Gasteiger partial charge is 0.495 e. The van der Waals surface area contributed by atoms with Crippen molar-refractivity contribution in [2.24, 2.45) is 0 Å². The van der Waals surface area contributed by atoms with Crippen molar-refractivity contribution in [1.29, 1.82) is 0 Å². The number of fused-ring (bicyclic) bond motifs is 1. The fourth-order valence-corrected chi connectivity index (χ4v) is 1.48. The van der Waals surface area contributed by atoms with Crippen molar-refractivity contribution in [3.8, 4) is 5.75 Å². The van der Waals surface area contributed by atoms with Crippen molar-refractivity contribution in [3.63, 3.8) is 0 Å². The first kappa shape index (κ1) is 9.00. The predicted molar refractivity (Wildman–Crippen MR) is 57.7 cm³/mol. The van der Waals surface area contributed by atoms with Crippen LogP contribution in [0.4, 0.5) is 0 Å². The summed E-state index contributed by atoms with van der Waals surface area (Å²) >= 11 is 0. The Kier molecular flexibility index (Phi) is 2.35. The van der Waals surface area contributed by atoms with E-state index >= 15 is 0 Å². The first-order chi connectivity index (χ1) is 6.83. The molecule has 14 heavy (non-hydrogen) atoms. The van der Waals surface area contributed by atoms with Gasteiger partial charge >= 0.3 is 0 Å². The highest BCUT2D eigenvalue weighted by atomic mass is 16.5. The topological polar surface area (TPSA) is 22.1 Å². The molecule has 0 amide bonds. The monoisotopic (exact) mass is 187 g/mol. The van der Waals surface area contributed by atoms with Gasteiger partial charge in [0.1, 0.15) is 5.75 Å². The summed E-state index contributed by atoms with van der Waals surface area (Å²) in [5.74, 6) is 0.807. The smallest absolute Gasteiger partial charge is 0.137 e. The second-order valence-electron chi connectivity index (χ2n) is 3.26. The molecule has 2 rings (SSSR count). The minimum atomic E-state index is 0.807. The summed E-state index contributed by atoms with van der Waals surface area (Å²) in [6.45, 7) is 2.14. The molecule has 2 aromatic rings. The van der Waals surface area contributed by atoms with Crippen molar-refractivity contribution in [2.45, 2.75) is 13.3 Å². The van der Waals surface area contributed by atoms with Crippen LogP contribution in [0.5, 0.6) is 5.75 Å². The van der Waals surface area contributed by atoms with Gasteiger partial charge in [-0.05, 0) is 24.1 Å². The van der Waals surface area contributed by atoms with Crippen LogP contribution in [0.1, 0.15) is 12.5 Å². The molecule has 1 aromatic carbocycles. The Balaban J connectivity index is 2.57. The quantitative estimate of drug-likeness (QED) is 0.721. The van der Waals surface area contributed by atoms with Crippen LogP contribution in [0.3, 0.4) is 0 Å². The zero-order chi connectivity index (χ0) is 9.97. The fraction of sp³-hybridized carbons (Fsp3) is 0.250. The second-order valence-corrected chi connectivity index (χ2v) is 3.26. The lowest BCUT2D eigenvalue weighted by molar-refractivity contribution is 0.414. The molecule has 0 aliphatic heterocycles. The summed E-state index contributed by atoms with van der Waals surface area (Å²) < 4.78 is 5.12. The number of methoxy groups -OCH3 is 1. The van der Waals surface area contributed by atoms with Gasteiger partial charge in [-0.2, -0.15) is 0 Å². The van der Waals surface area contributed by atoms with Crippen LogP contribution in [0, 0.1) is 0 Å². The maximum absolute atomic E-state index is 5.12. The molecule has 0 saturated carbocycles. The lowest BCUT2D eigenvalue weighted by Gasteiger charge is -2.03. The van der Waals surface area contributed by atoms with E-state index in [2.05, 4.69) is 30.1 Å². The SMILES string of the molecule is CCc1ccc2cc(OC)cnc2c1. The van der Waals surface area contributed by atoms with Crippen molar-refractivity contribution in [3.05, 3.63) is 36.0 Å². The average molecular weight is 187 g/mol. The van der Waals surface area contributed by atoms with Gasteiger partial charge in [-0.15, -0.1) is 0 Å². The number of nitrogens with zero attached hydrogens (tertiary/aromatic N) is 1. The van der Waals surface area contributed by atoms with Crippen LogP contribution < -0.4 is 4.74 Å². The number of pyridine rings is 1. The molecule has 0 spiro atoms. The van der Waals surface area contributed by atoms with Gasteiger partial charge in [-0.25, -0.2) is 0 Å². The Morgan fingerprint density at radius 3 is 2.86 bits per heavy atom. The van der Waals surface area contributed by atoms with Crippen LogP contribution in [-0.2, 0) is 6.42 Å². The van der Waals surface area contributed by atoms with Crippen LogP contribution in [0.2, 0.25) is 0 Å². The van der Waals surface area contributed by atoms with Gasteiger partial charge < -0.3 is 4.74 Å². The summed E-state index contributed by atoms with van der Waals surface area (Å²) in [6.07, 6.45) is 2.80. The number of hydrogen-bond acceptors (Lipinski definition) is 2. The maximum atomic E-state index is 5.12. The van der Waals surface area contributed by atoms with Gasteiger partial charge in [0.05, 0.1) is 18.8 Å². The van der Waals surface area contributed by atoms with E-state index in [-0.39, 0.29) is 0 Å². The third-order valence-corrected chi connectivity index (χ3v) is 2.37. The second kappa shape index (κ2) is 3.66. The standard InChI is InChI=1S/C12H13NO/c1-3-9-4-5-10-7-11(14-2)8-13-12(10)6-9/h4-8H,3H2,1-2H3. The highest BCUT2D eigenvalue weighted by Gasteiger charge is 1.98. The number of aromatic nitrogens is 1. The highest BCUT2D eigenvalue weighted by molar-refractivity contribution is 5.80. The van der Waals surface area contributed by atoms with E-state index in [1.54, 1.807) is 13.3 Å². The number of benzene rings is 1. The van der Waals surface area contributed by atoms with Crippen molar-refractivity contribution in [2.75, 3.05) is 7.11 Å². The summed E-state index contributed by atoms with van der Waals surface area (Å²) in [4.78, 5) is 4.34. The molecule has 2 nitrogen and oxygen atoms in total. The third kappa shape index (κ3) is 1.55. The van der Waals surface area contributed by atoms with Gasteiger partial charge in [0, 0.05) is 5.39 Å². The van der Waals surface area contributed by atoms with E-state index < -0.39 is 0 Å². The molecule has 0 atom stereocenters. The lowest BCUT2D eigenvalue weighted by Crippen LogP contribution is -1.87. The molecule has 72 valence electrons. The number of hydrogen-bond donors (Lipinski definition) is 0. The van der Waals surface area contributed by atoms with E-state index in [1.165, 1.54) is 5.56 Å². The summed E-state index contributed by atoms with van der Waals surface area (Å²) in [5.41, 5.74) is 2.35. The first-order valence-electron chi connectivity index (χ1n) is 4.76. The van der Waals surface area contributed by atoms with Crippen LogP contribution in [0.25, 0.3) is 10.9 Å². The van der Waals surface area contributed by atoms with Crippen LogP contribution >= 0.6 is 0 Å². The summed E-state index contributed by atoms with van der Waals surface area (Å²) in [6, 6.07) is 8.34. The molecule has 0 N–H and O–H groups in total. The number of rotatable bonds is 2. The summed E-state index contributed by atoms with van der Waals surface area (Å²) in [5, 5.41) is 1.13. The molecule has 0 fully saturated rings. The molecular weight excluding hydrogens is 174 g/mol. The molecule has 1 heterocycles. The lowest BCUT2D eigenvalue weighted by atomic mass is 10.1. The van der Waals surface area contributed by atoms with Gasteiger partial charge in [-0.1, -0.05) is 19.1 Å². The Morgan fingerprint density at radius 1 is 1.29 bits per heavy atom.